The number of hydrogen-bond donors (Lipinski definition) is 1. The number of thioether (sulfide) groups is 1. The van der Waals surface area contributed by atoms with Crippen LogP contribution in [0.1, 0.15) is 38.7 Å². The van der Waals surface area contributed by atoms with Gasteiger partial charge < -0.3 is 19.6 Å². The minimum atomic E-state index is -0.872. The normalized spacial score (nSPS) is 30.2. The highest BCUT2D eigenvalue weighted by molar-refractivity contribution is 8.02. The fraction of sp³-hybridized carbons (Fsp3) is 0.552. The SMILES string of the molecule is C=CCCOC(=O)[C@@H]1[C@@H]2CC(C)C3(S2)C(C(=O)N(CC=C)c2c(C)cccc2Cl)N([C@@H](CC)CO)C(=O)[C@H]13. The van der Waals surface area contributed by atoms with Crippen LogP contribution in [0.3, 0.4) is 0 Å². The number of aryl methyl sites for hydroxylation is 1. The van der Waals surface area contributed by atoms with E-state index < -0.39 is 34.6 Å². The quantitative estimate of drug-likeness (QED) is 0.245. The molecule has 2 amide bonds. The van der Waals surface area contributed by atoms with Crippen LogP contribution in [0.25, 0.3) is 0 Å². The number of rotatable bonds is 11. The second kappa shape index (κ2) is 11.4. The maximum Gasteiger partial charge on any atom is 0.310 e. The molecule has 0 saturated carbocycles. The molecule has 0 aliphatic carbocycles. The van der Waals surface area contributed by atoms with E-state index >= 15 is 0 Å². The van der Waals surface area contributed by atoms with Gasteiger partial charge >= 0.3 is 5.97 Å². The van der Waals surface area contributed by atoms with Crippen LogP contribution in [0.5, 0.6) is 0 Å². The summed E-state index contributed by atoms with van der Waals surface area (Å²) in [5, 5.41) is 10.6. The van der Waals surface area contributed by atoms with Crippen LogP contribution >= 0.6 is 23.4 Å². The van der Waals surface area contributed by atoms with Gasteiger partial charge in [0.05, 0.1) is 46.5 Å². The van der Waals surface area contributed by atoms with Crippen LogP contribution in [-0.2, 0) is 19.1 Å². The first kappa shape index (κ1) is 28.7. The Hall–Kier alpha value is -2.29. The molecule has 7 nitrogen and oxygen atoms in total. The monoisotopic (exact) mass is 560 g/mol. The maximum atomic E-state index is 14.7. The third-order valence-corrected chi connectivity index (χ3v) is 10.7. The van der Waals surface area contributed by atoms with Crippen molar-refractivity contribution in [2.24, 2.45) is 17.8 Å². The molecule has 1 aromatic carbocycles. The predicted octanol–water partition coefficient (Wildman–Crippen LogP) is 4.39. The molecule has 1 spiro atoms. The Morgan fingerprint density at radius 2 is 2.11 bits per heavy atom. The van der Waals surface area contributed by atoms with Gasteiger partial charge in [0.1, 0.15) is 6.04 Å². The number of benzene rings is 1. The number of likely N-dealkylation sites (tertiary alicyclic amines) is 1. The van der Waals surface area contributed by atoms with Gasteiger partial charge in [-0.05, 0) is 43.7 Å². The zero-order chi connectivity index (χ0) is 27.8. The number of hydrogen-bond acceptors (Lipinski definition) is 6. The number of nitrogens with zero attached hydrogens (tertiary/aromatic N) is 2. The molecule has 3 aliphatic heterocycles. The summed E-state index contributed by atoms with van der Waals surface area (Å²) >= 11 is 8.20. The van der Waals surface area contributed by atoms with E-state index in [1.54, 1.807) is 39.8 Å². The Balaban J connectivity index is 1.84. The molecule has 3 aliphatic rings. The summed E-state index contributed by atoms with van der Waals surface area (Å²) in [5.41, 5.74) is 1.40. The number of amides is 2. The fourth-order valence-corrected chi connectivity index (χ4v) is 9.40. The number of esters is 1. The summed E-state index contributed by atoms with van der Waals surface area (Å²) in [7, 11) is 0. The Labute approximate surface area is 234 Å². The van der Waals surface area contributed by atoms with Gasteiger partial charge in [0.15, 0.2) is 0 Å². The van der Waals surface area contributed by atoms with Crippen molar-refractivity contribution in [3.63, 3.8) is 0 Å². The first-order valence-corrected chi connectivity index (χ1v) is 14.5. The van der Waals surface area contributed by atoms with Gasteiger partial charge in [0.25, 0.3) is 5.91 Å². The van der Waals surface area contributed by atoms with Crippen molar-refractivity contribution in [2.45, 2.75) is 62.1 Å². The summed E-state index contributed by atoms with van der Waals surface area (Å²) in [5.74, 6) is -2.27. The third kappa shape index (κ3) is 4.38. The molecule has 2 bridgehead atoms. The lowest BCUT2D eigenvalue weighted by atomic mass is 9.66. The molecule has 3 heterocycles. The van der Waals surface area contributed by atoms with E-state index in [1.807, 2.05) is 26.0 Å². The molecule has 3 unspecified atom stereocenters. The average molecular weight is 561 g/mol. The summed E-state index contributed by atoms with van der Waals surface area (Å²) in [6.45, 7) is 13.5. The Morgan fingerprint density at radius 3 is 2.71 bits per heavy atom. The number of ether oxygens (including phenoxy) is 1. The summed E-state index contributed by atoms with van der Waals surface area (Å²) in [6.07, 6.45) is 5.03. The highest BCUT2D eigenvalue weighted by atomic mass is 35.5. The number of fused-ring (bicyclic) bond motifs is 1. The largest absolute Gasteiger partial charge is 0.465 e. The number of anilines is 1. The number of halogens is 1. The average Bonchev–Trinajstić information content (AvgIpc) is 3.48. The summed E-state index contributed by atoms with van der Waals surface area (Å²) < 4.78 is 4.75. The van der Waals surface area contributed by atoms with Gasteiger partial charge in [-0.1, -0.05) is 49.7 Å². The van der Waals surface area contributed by atoms with Crippen LogP contribution in [-0.4, -0.2) is 69.6 Å². The number of aliphatic hydroxyl groups excluding tert-OH is 1. The molecule has 38 heavy (non-hydrogen) atoms. The Bertz CT molecular complexity index is 1100. The Morgan fingerprint density at radius 1 is 1.37 bits per heavy atom. The van der Waals surface area contributed by atoms with E-state index in [0.717, 1.165) is 5.56 Å². The molecule has 1 aromatic rings. The lowest BCUT2D eigenvalue weighted by molar-refractivity contribution is -0.154. The van der Waals surface area contributed by atoms with Gasteiger partial charge in [-0.3, -0.25) is 14.4 Å². The van der Waals surface area contributed by atoms with Crippen molar-refractivity contribution < 1.29 is 24.2 Å². The van der Waals surface area contributed by atoms with E-state index in [-0.39, 0.29) is 42.7 Å². The van der Waals surface area contributed by atoms with Gasteiger partial charge in [-0.25, -0.2) is 0 Å². The van der Waals surface area contributed by atoms with E-state index in [9.17, 15) is 19.5 Å². The van der Waals surface area contributed by atoms with E-state index in [0.29, 0.717) is 30.0 Å². The number of aliphatic hydroxyl groups is 1. The van der Waals surface area contributed by atoms with Crippen molar-refractivity contribution in [3.05, 3.63) is 54.1 Å². The first-order valence-electron chi connectivity index (χ1n) is 13.2. The minimum Gasteiger partial charge on any atom is -0.465 e. The standard InChI is InChI=1S/C29H37ClN2O5S/c1-6-9-14-37-28(36)22-21-15-18(5)29(38-21)23(22)26(34)32(19(8-3)16-33)25(29)27(35)31(13-7-2)24-17(4)11-10-12-20(24)30/h6-7,10-12,18-19,21-23,25,33H,1-2,8-9,13-16H2,3-5H3/t18?,19-,21-,22+,23-,25?,29?/m0/s1. The van der Waals surface area contributed by atoms with E-state index in [4.69, 9.17) is 16.3 Å². The van der Waals surface area contributed by atoms with E-state index in [1.165, 1.54) is 0 Å². The molecule has 1 N–H and O–H groups in total. The molecular formula is C29H37ClN2O5S. The lowest BCUT2D eigenvalue weighted by Gasteiger charge is -2.42. The Kier molecular flexibility index (Phi) is 8.65. The van der Waals surface area contributed by atoms with Gasteiger partial charge in [0, 0.05) is 11.8 Å². The zero-order valence-electron chi connectivity index (χ0n) is 22.3. The summed E-state index contributed by atoms with van der Waals surface area (Å²) in [4.78, 5) is 45.4. The minimum absolute atomic E-state index is 0.00301. The molecule has 4 rings (SSSR count). The number of carbonyl (C=O) groups excluding carboxylic acids is 3. The zero-order valence-corrected chi connectivity index (χ0v) is 23.8. The predicted molar refractivity (Wildman–Crippen MR) is 151 cm³/mol. The highest BCUT2D eigenvalue weighted by Gasteiger charge is 2.77. The smallest absolute Gasteiger partial charge is 0.310 e. The van der Waals surface area contributed by atoms with Gasteiger partial charge in [0.2, 0.25) is 5.91 Å². The van der Waals surface area contributed by atoms with Crippen LogP contribution in [0, 0.1) is 24.7 Å². The van der Waals surface area contributed by atoms with Gasteiger partial charge in [-0.15, -0.1) is 24.9 Å². The third-order valence-electron chi connectivity index (χ3n) is 8.37. The molecule has 0 aromatic heterocycles. The van der Waals surface area contributed by atoms with Crippen molar-refractivity contribution >= 4 is 46.8 Å². The number of carbonyl (C=O) groups is 3. The van der Waals surface area contributed by atoms with Gasteiger partial charge in [-0.2, -0.15) is 0 Å². The van der Waals surface area contributed by atoms with Crippen LogP contribution in [0.2, 0.25) is 5.02 Å². The molecule has 7 atom stereocenters. The van der Waals surface area contributed by atoms with Crippen molar-refractivity contribution in [3.8, 4) is 0 Å². The summed E-state index contributed by atoms with van der Waals surface area (Å²) in [6, 6.07) is 4.03. The van der Waals surface area contributed by atoms with E-state index in [2.05, 4.69) is 20.1 Å². The second-order valence-corrected chi connectivity index (χ2v) is 12.4. The first-order chi connectivity index (χ1) is 18.2. The fourth-order valence-electron chi connectivity index (χ4n) is 6.69. The molecular weight excluding hydrogens is 524 g/mol. The molecule has 206 valence electrons. The van der Waals surface area contributed by atoms with Crippen molar-refractivity contribution in [2.75, 3.05) is 24.7 Å². The molecule has 3 saturated heterocycles. The maximum absolute atomic E-state index is 14.7. The van der Waals surface area contributed by atoms with Crippen LogP contribution in [0.4, 0.5) is 5.69 Å². The van der Waals surface area contributed by atoms with Crippen molar-refractivity contribution in [1.82, 2.24) is 4.90 Å². The van der Waals surface area contributed by atoms with Crippen LogP contribution < -0.4 is 4.90 Å². The molecule has 0 radical (unpaired) electrons. The molecule has 9 heteroatoms. The topological polar surface area (TPSA) is 87.2 Å². The van der Waals surface area contributed by atoms with Crippen LogP contribution in [0.15, 0.2) is 43.5 Å². The molecule has 3 fully saturated rings. The second-order valence-electron chi connectivity index (χ2n) is 10.4. The lowest BCUT2D eigenvalue weighted by Crippen LogP contribution is -2.59. The van der Waals surface area contributed by atoms with Crippen molar-refractivity contribution in [1.29, 1.82) is 0 Å². The highest BCUT2D eigenvalue weighted by Crippen LogP contribution is 2.69. The number of para-hydroxylation sites is 1.